The summed E-state index contributed by atoms with van der Waals surface area (Å²) in [6, 6.07) is 15.5. The Morgan fingerprint density at radius 1 is 0.800 bits per heavy atom. The number of benzene rings is 2. The van der Waals surface area contributed by atoms with Crippen LogP contribution in [0.5, 0.6) is 11.5 Å². The smallest absolute Gasteiger partial charge is 0.127 e. The average molecular weight is 327 g/mol. The third kappa shape index (κ3) is 3.03. The normalized spacial score (nSPS) is 10.2. The molecule has 0 atom stereocenters. The Labute approximate surface area is 125 Å². The quantitative estimate of drug-likeness (QED) is 0.699. The monoisotopic (exact) mass is 326 g/mol. The van der Waals surface area contributed by atoms with Gasteiger partial charge in [0.2, 0.25) is 0 Å². The van der Waals surface area contributed by atoms with E-state index in [2.05, 4.69) is 25.9 Å². The van der Waals surface area contributed by atoms with Crippen molar-refractivity contribution in [1.82, 2.24) is 9.97 Å². The molecule has 98 valence electrons. The Balaban J connectivity index is 1.78. The fraction of sp³-hybridized carbons (Fsp3) is 0. The van der Waals surface area contributed by atoms with E-state index in [0.717, 1.165) is 27.2 Å². The van der Waals surface area contributed by atoms with Crippen molar-refractivity contribution in [2.75, 3.05) is 0 Å². The first-order valence-corrected chi connectivity index (χ1v) is 6.90. The second kappa shape index (κ2) is 5.84. The highest BCUT2D eigenvalue weighted by Gasteiger charge is 2.01. The predicted octanol–water partition coefficient (Wildman–Crippen LogP) is 4.70. The highest BCUT2D eigenvalue weighted by molar-refractivity contribution is 9.10. The van der Waals surface area contributed by atoms with Crippen molar-refractivity contribution in [3.63, 3.8) is 0 Å². The maximum Gasteiger partial charge on any atom is 0.127 e. The van der Waals surface area contributed by atoms with Crippen LogP contribution in [0, 0.1) is 0 Å². The maximum absolute atomic E-state index is 5.77. The average Bonchev–Trinajstić information content (AvgIpc) is 2.51. The Hall–Kier alpha value is -2.20. The highest BCUT2D eigenvalue weighted by Crippen LogP contribution is 2.25. The zero-order valence-electron chi connectivity index (χ0n) is 10.5. The number of nitrogens with zero attached hydrogens (tertiary/aromatic N) is 2. The van der Waals surface area contributed by atoms with Crippen molar-refractivity contribution in [1.29, 1.82) is 0 Å². The van der Waals surface area contributed by atoms with Gasteiger partial charge in [-0.25, -0.2) is 0 Å². The lowest BCUT2D eigenvalue weighted by Gasteiger charge is -2.06. The molecule has 0 bridgehead atoms. The van der Waals surface area contributed by atoms with Crippen LogP contribution >= 0.6 is 15.9 Å². The topological polar surface area (TPSA) is 35.0 Å². The minimum Gasteiger partial charge on any atom is -0.457 e. The SMILES string of the molecule is Brc1ccc(Oc2ccc(-c3cnccn3)cc2)cc1. The van der Waals surface area contributed by atoms with Crippen molar-refractivity contribution in [2.24, 2.45) is 0 Å². The molecule has 0 aliphatic carbocycles. The molecule has 0 N–H and O–H groups in total. The third-order valence-corrected chi connectivity index (χ3v) is 3.29. The summed E-state index contributed by atoms with van der Waals surface area (Å²) >= 11 is 3.40. The van der Waals surface area contributed by atoms with E-state index in [-0.39, 0.29) is 0 Å². The van der Waals surface area contributed by atoms with Gasteiger partial charge in [-0.3, -0.25) is 9.97 Å². The van der Waals surface area contributed by atoms with Crippen LogP contribution < -0.4 is 4.74 Å². The molecular weight excluding hydrogens is 316 g/mol. The van der Waals surface area contributed by atoms with E-state index in [1.807, 2.05) is 48.5 Å². The molecule has 0 fully saturated rings. The van der Waals surface area contributed by atoms with Gasteiger partial charge in [-0.15, -0.1) is 0 Å². The first-order chi connectivity index (χ1) is 9.81. The Morgan fingerprint density at radius 3 is 2.05 bits per heavy atom. The van der Waals surface area contributed by atoms with Crippen molar-refractivity contribution in [3.8, 4) is 22.8 Å². The molecule has 1 aromatic heterocycles. The van der Waals surface area contributed by atoms with Gasteiger partial charge in [0.15, 0.2) is 0 Å². The Kier molecular flexibility index (Phi) is 3.74. The molecule has 0 spiro atoms. The van der Waals surface area contributed by atoms with Gasteiger partial charge in [-0.05, 0) is 48.5 Å². The molecular formula is C16H11BrN2O. The lowest BCUT2D eigenvalue weighted by atomic mass is 10.1. The van der Waals surface area contributed by atoms with Gasteiger partial charge in [-0.1, -0.05) is 15.9 Å². The van der Waals surface area contributed by atoms with Crippen LogP contribution in [0.2, 0.25) is 0 Å². The molecule has 0 saturated carbocycles. The number of rotatable bonds is 3. The number of ether oxygens (including phenoxy) is 1. The summed E-state index contributed by atoms with van der Waals surface area (Å²) in [5.74, 6) is 1.60. The summed E-state index contributed by atoms with van der Waals surface area (Å²) in [7, 11) is 0. The molecule has 2 aromatic carbocycles. The second-order valence-corrected chi connectivity index (χ2v) is 5.09. The summed E-state index contributed by atoms with van der Waals surface area (Å²) in [6.45, 7) is 0. The van der Waals surface area contributed by atoms with Crippen LogP contribution in [0.4, 0.5) is 0 Å². The van der Waals surface area contributed by atoms with E-state index in [1.54, 1.807) is 18.6 Å². The molecule has 4 heteroatoms. The van der Waals surface area contributed by atoms with E-state index in [1.165, 1.54) is 0 Å². The molecule has 0 amide bonds. The van der Waals surface area contributed by atoms with Crippen LogP contribution in [0.3, 0.4) is 0 Å². The molecule has 0 unspecified atom stereocenters. The van der Waals surface area contributed by atoms with Gasteiger partial charge in [-0.2, -0.15) is 0 Å². The van der Waals surface area contributed by atoms with Gasteiger partial charge in [0.25, 0.3) is 0 Å². The third-order valence-electron chi connectivity index (χ3n) is 2.76. The zero-order valence-corrected chi connectivity index (χ0v) is 12.1. The Bertz CT molecular complexity index is 682. The first kappa shape index (κ1) is 12.8. The van der Waals surface area contributed by atoms with Crippen LogP contribution in [0.25, 0.3) is 11.3 Å². The van der Waals surface area contributed by atoms with Gasteiger partial charge in [0.1, 0.15) is 11.5 Å². The molecule has 0 radical (unpaired) electrons. The van der Waals surface area contributed by atoms with E-state index in [4.69, 9.17) is 4.74 Å². The molecule has 3 aromatic rings. The van der Waals surface area contributed by atoms with Crippen LogP contribution in [0.15, 0.2) is 71.6 Å². The van der Waals surface area contributed by atoms with Crippen molar-refractivity contribution < 1.29 is 4.74 Å². The van der Waals surface area contributed by atoms with Crippen molar-refractivity contribution >= 4 is 15.9 Å². The van der Waals surface area contributed by atoms with Crippen LogP contribution in [-0.4, -0.2) is 9.97 Å². The van der Waals surface area contributed by atoms with Crippen molar-refractivity contribution in [2.45, 2.75) is 0 Å². The van der Waals surface area contributed by atoms with E-state index >= 15 is 0 Å². The van der Waals surface area contributed by atoms with Crippen LogP contribution in [-0.2, 0) is 0 Å². The summed E-state index contributed by atoms with van der Waals surface area (Å²) in [5.41, 5.74) is 1.86. The number of hydrogen-bond acceptors (Lipinski definition) is 3. The molecule has 0 saturated heterocycles. The number of aromatic nitrogens is 2. The number of hydrogen-bond donors (Lipinski definition) is 0. The molecule has 20 heavy (non-hydrogen) atoms. The molecule has 0 aliphatic rings. The molecule has 3 rings (SSSR count). The standard InChI is InChI=1S/C16H11BrN2O/c17-13-3-7-15(8-4-13)20-14-5-1-12(2-6-14)16-11-18-9-10-19-16/h1-11H. The summed E-state index contributed by atoms with van der Waals surface area (Å²) < 4.78 is 6.80. The fourth-order valence-corrected chi connectivity index (χ4v) is 2.04. The Morgan fingerprint density at radius 2 is 1.45 bits per heavy atom. The summed E-state index contributed by atoms with van der Waals surface area (Å²) in [6.07, 6.45) is 5.08. The fourth-order valence-electron chi connectivity index (χ4n) is 1.78. The molecule has 3 nitrogen and oxygen atoms in total. The van der Waals surface area contributed by atoms with E-state index < -0.39 is 0 Å². The lowest BCUT2D eigenvalue weighted by Crippen LogP contribution is -1.86. The van der Waals surface area contributed by atoms with Gasteiger partial charge in [0.05, 0.1) is 11.9 Å². The number of halogens is 1. The maximum atomic E-state index is 5.77. The summed E-state index contributed by atoms with van der Waals surface area (Å²) in [5, 5.41) is 0. The van der Waals surface area contributed by atoms with E-state index in [9.17, 15) is 0 Å². The van der Waals surface area contributed by atoms with Gasteiger partial charge < -0.3 is 4.74 Å². The summed E-state index contributed by atoms with van der Waals surface area (Å²) in [4.78, 5) is 8.33. The zero-order chi connectivity index (χ0) is 13.8. The molecule has 0 aliphatic heterocycles. The molecule has 1 heterocycles. The van der Waals surface area contributed by atoms with Crippen LogP contribution in [0.1, 0.15) is 0 Å². The van der Waals surface area contributed by atoms with Gasteiger partial charge in [0, 0.05) is 22.4 Å². The first-order valence-electron chi connectivity index (χ1n) is 6.11. The largest absolute Gasteiger partial charge is 0.457 e. The van der Waals surface area contributed by atoms with E-state index in [0.29, 0.717) is 0 Å². The van der Waals surface area contributed by atoms with Gasteiger partial charge >= 0.3 is 0 Å². The van der Waals surface area contributed by atoms with Crippen molar-refractivity contribution in [3.05, 3.63) is 71.6 Å². The minimum atomic E-state index is 0.792. The second-order valence-electron chi connectivity index (χ2n) is 4.17. The minimum absolute atomic E-state index is 0.792. The lowest BCUT2D eigenvalue weighted by molar-refractivity contribution is 0.482. The highest BCUT2D eigenvalue weighted by atomic mass is 79.9. The predicted molar refractivity (Wildman–Crippen MR) is 81.7 cm³/mol.